The Morgan fingerprint density at radius 3 is 1.86 bits per heavy atom. The fraction of sp³-hybridized carbons (Fsp3) is 0.467. The molecule has 0 radical (unpaired) electrons. The average Bonchev–Trinajstić information content (AvgIpc) is 2.90. The minimum Gasteiger partial charge on any atom is -0.407 e. The van der Waals surface area contributed by atoms with Crippen LogP contribution in [0.15, 0.2) is 78.1 Å². The smallest absolute Gasteiger partial charge is 0.261 e. The molecule has 3 aliphatic rings. The number of rotatable bonds is 7. The second kappa shape index (κ2) is 9.49. The Hall–Kier alpha value is -1.95. The molecule has 2 bridgehead atoms. The first-order chi connectivity index (χ1) is 16.8. The molecule has 6 rings (SSSR count). The first-order valence-electron chi connectivity index (χ1n) is 13.0. The van der Waals surface area contributed by atoms with E-state index in [2.05, 4.69) is 98.7 Å². The molecule has 1 heterocycles. The molecule has 0 N–H and O–H groups in total. The summed E-state index contributed by atoms with van der Waals surface area (Å²) in [6.07, 6.45) is 11.3. The Kier molecular flexibility index (Phi) is 6.71. The van der Waals surface area contributed by atoms with Crippen LogP contribution in [-0.4, -0.2) is 31.1 Å². The molecule has 5 heteroatoms. The van der Waals surface area contributed by atoms with Gasteiger partial charge in [0.05, 0.1) is 5.69 Å². The molecule has 0 atom stereocenters. The SMILES string of the molecule is CSc1nccc(C23CCC(CO[Si](c4ccccc4)(c4ccccc4)C(C)(C)C)(CC2)CC3)n1. The first kappa shape index (κ1) is 24.7. The van der Waals surface area contributed by atoms with Crippen LogP contribution in [0, 0.1) is 5.41 Å². The van der Waals surface area contributed by atoms with Gasteiger partial charge in [0, 0.05) is 18.2 Å². The Morgan fingerprint density at radius 2 is 1.37 bits per heavy atom. The van der Waals surface area contributed by atoms with E-state index >= 15 is 0 Å². The van der Waals surface area contributed by atoms with Gasteiger partial charge in [0.1, 0.15) is 0 Å². The molecule has 1 aromatic heterocycles. The van der Waals surface area contributed by atoms with Gasteiger partial charge in [-0.05, 0) is 71.7 Å². The van der Waals surface area contributed by atoms with Gasteiger partial charge in [0.2, 0.25) is 0 Å². The molecule has 3 saturated carbocycles. The third-order valence-electron chi connectivity index (χ3n) is 8.77. The molecular weight excluding hydrogens is 464 g/mol. The number of benzene rings is 2. The standard InChI is InChI=1S/C30H38N2OSSi/c1-28(2,3)35(24-11-7-5-8-12-24,25-13-9-6-10-14-25)33-23-29-16-19-30(20-17-29,21-18-29)26-15-22-31-27(32-26)34-4/h5-15,22H,16-21,23H2,1-4H3. The van der Waals surface area contributed by atoms with Crippen molar-refractivity contribution in [2.24, 2.45) is 5.41 Å². The largest absolute Gasteiger partial charge is 0.407 e. The highest BCUT2D eigenvalue weighted by Crippen LogP contribution is 2.58. The Labute approximate surface area is 216 Å². The van der Waals surface area contributed by atoms with E-state index in [9.17, 15) is 0 Å². The van der Waals surface area contributed by atoms with Crippen LogP contribution >= 0.6 is 11.8 Å². The van der Waals surface area contributed by atoms with Crippen molar-refractivity contribution in [1.82, 2.24) is 9.97 Å². The summed E-state index contributed by atoms with van der Waals surface area (Å²) < 4.78 is 7.41. The van der Waals surface area contributed by atoms with E-state index in [-0.39, 0.29) is 15.9 Å². The summed E-state index contributed by atoms with van der Waals surface area (Å²) in [5, 5.41) is 3.67. The van der Waals surface area contributed by atoms with Crippen molar-refractivity contribution in [2.45, 2.75) is 74.9 Å². The van der Waals surface area contributed by atoms with Crippen LogP contribution in [0.25, 0.3) is 0 Å². The molecule has 2 aromatic carbocycles. The van der Waals surface area contributed by atoms with Crippen molar-refractivity contribution in [3.8, 4) is 0 Å². The van der Waals surface area contributed by atoms with E-state index in [4.69, 9.17) is 9.41 Å². The summed E-state index contributed by atoms with van der Waals surface area (Å²) in [6.45, 7) is 7.99. The number of nitrogens with zero attached hydrogens (tertiary/aromatic N) is 2. The van der Waals surface area contributed by atoms with Crippen LogP contribution in [0.4, 0.5) is 0 Å². The minimum atomic E-state index is -2.50. The van der Waals surface area contributed by atoms with Crippen LogP contribution in [0.2, 0.25) is 5.04 Å². The fourth-order valence-corrected chi connectivity index (χ4v) is 11.7. The van der Waals surface area contributed by atoms with Gasteiger partial charge in [-0.15, -0.1) is 0 Å². The van der Waals surface area contributed by atoms with Gasteiger partial charge in [-0.25, -0.2) is 9.97 Å². The molecule has 3 aromatic rings. The van der Waals surface area contributed by atoms with Crippen LogP contribution < -0.4 is 10.4 Å². The van der Waals surface area contributed by atoms with Gasteiger partial charge >= 0.3 is 0 Å². The lowest BCUT2D eigenvalue weighted by molar-refractivity contribution is -0.00331. The average molecular weight is 503 g/mol. The third kappa shape index (κ3) is 4.40. The molecule has 0 amide bonds. The first-order valence-corrected chi connectivity index (χ1v) is 16.1. The topological polar surface area (TPSA) is 35.0 Å². The van der Waals surface area contributed by atoms with Crippen LogP contribution in [0.3, 0.4) is 0 Å². The summed E-state index contributed by atoms with van der Waals surface area (Å²) in [5.41, 5.74) is 1.77. The molecule has 3 aliphatic carbocycles. The third-order valence-corrected chi connectivity index (χ3v) is 14.3. The summed E-state index contributed by atoms with van der Waals surface area (Å²) >= 11 is 1.64. The zero-order valence-corrected chi connectivity index (χ0v) is 23.4. The summed E-state index contributed by atoms with van der Waals surface area (Å²) in [6, 6.07) is 24.3. The lowest BCUT2D eigenvalue weighted by Gasteiger charge is -2.54. The van der Waals surface area contributed by atoms with E-state index < -0.39 is 8.32 Å². The molecule has 0 saturated heterocycles. The summed E-state index contributed by atoms with van der Waals surface area (Å²) in [4.78, 5) is 9.35. The van der Waals surface area contributed by atoms with Crippen molar-refractivity contribution in [2.75, 3.05) is 12.9 Å². The van der Waals surface area contributed by atoms with E-state index in [0.29, 0.717) is 0 Å². The lowest BCUT2D eigenvalue weighted by atomic mass is 9.53. The lowest BCUT2D eigenvalue weighted by Crippen LogP contribution is -2.67. The quantitative estimate of drug-likeness (QED) is 0.214. The van der Waals surface area contributed by atoms with Crippen LogP contribution in [0.5, 0.6) is 0 Å². The maximum absolute atomic E-state index is 7.41. The zero-order valence-electron chi connectivity index (χ0n) is 21.6. The van der Waals surface area contributed by atoms with Crippen molar-refractivity contribution < 1.29 is 4.43 Å². The summed E-state index contributed by atoms with van der Waals surface area (Å²) in [5.74, 6) is 0. The van der Waals surface area contributed by atoms with Crippen LogP contribution in [0.1, 0.15) is 65.0 Å². The molecule has 0 spiro atoms. The molecule has 0 aliphatic heterocycles. The van der Waals surface area contributed by atoms with Gasteiger partial charge in [-0.1, -0.05) is 93.2 Å². The second-order valence-corrected chi connectivity index (χ2v) is 16.7. The number of fused-ring (bicyclic) bond motifs is 3. The van der Waals surface area contributed by atoms with E-state index in [0.717, 1.165) is 11.8 Å². The Balaban J connectivity index is 1.43. The molecule has 3 fully saturated rings. The van der Waals surface area contributed by atoms with Crippen LogP contribution in [-0.2, 0) is 9.84 Å². The van der Waals surface area contributed by atoms with Crippen molar-refractivity contribution >= 4 is 30.5 Å². The summed E-state index contributed by atoms with van der Waals surface area (Å²) in [7, 11) is -2.50. The van der Waals surface area contributed by atoms with E-state index in [1.165, 1.54) is 54.6 Å². The number of hydrogen-bond donors (Lipinski definition) is 0. The van der Waals surface area contributed by atoms with Gasteiger partial charge in [-0.2, -0.15) is 0 Å². The Morgan fingerprint density at radius 1 is 0.829 bits per heavy atom. The van der Waals surface area contributed by atoms with Crippen molar-refractivity contribution in [1.29, 1.82) is 0 Å². The highest BCUT2D eigenvalue weighted by Gasteiger charge is 2.54. The monoisotopic (exact) mass is 502 g/mol. The number of thioether (sulfide) groups is 1. The molecule has 0 unspecified atom stereocenters. The highest BCUT2D eigenvalue weighted by atomic mass is 32.2. The number of aromatic nitrogens is 2. The minimum absolute atomic E-state index is 0.0224. The van der Waals surface area contributed by atoms with Gasteiger partial charge in [0.15, 0.2) is 5.16 Å². The van der Waals surface area contributed by atoms with E-state index in [1.54, 1.807) is 11.8 Å². The maximum Gasteiger partial charge on any atom is 0.261 e. The second-order valence-electron chi connectivity index (χ2n) is 11.7. The zero-order chi connectivity index (χ0) is 24.6. The predicted molar refractivity (Wildman–Crippen MR) is 149 cm³/mol. The van der Waals surface area contributed by atoms with Gasteiger partial charge in [-0.3, -0.25) is 0 Å². The maximum atomic E-state index is 7.41. The number of hydrogen-bond acceptors (Lipinski definition) is 4. The Bertz CT molecular complexity index is 1080. The van der Waals surface area contributed by atoms with Gasteiger partial charge < -0.3 is 4.43 Å². The van der Waals surface area contributed by atoms with Crippen molar-refractivity contribution in [3.63, 3.8) is 0 Å². The molecular formula is C30H38N2OSSi. The molecule has 184 valence electrons. The molecule has 35 heavy (non-hydrogen) atoms. The highest BCUT2D eigenvalue weighted by molar-refractivity contribution is 7.98. The van der Waals surface area contributed by atoms with Crippen molar-refractivity contribution in [3.05, 3.63) is 78.6 Å². The van der Waals surface area contributed by atoms with Gasteiger partial charge in [0.25, 0.3) is 8.32 Å². The fourth-order valence-electron chi connectivity index (χ4n) is 6.62. The normalized spacial score (nSPS) is 24.5. The molecule has 3 nitrogen and oxygen atoms in total. The predicted octanol–water partition coefficient (Wildman–Crippen LogP) is 6.37. The van der Waals surface area contributed by atoms with E-state index in [1.807, 2.05) is 6.20 Å².